The zero-order valence-corrected chi connectivity index (χ0v) is 10.1. The van der Waals surface area contributed by atoms with Crippen LogP contribution in [0.5, 0.6) is 11.6 Å². The van der Waals surface area contributed by atoms with Gasteiger partial charge in [0.25, 0.3) is 0 Å². The smallest absolute Gasteiger partial charge is 0.436 e. The first-order valence-electron chi connectivity index (χ1n) is 5.36. The van der Waals surface area contributed by atoms with Gasteiger partial charge in [0.15, 0.2) is 11.6 Å². The zero-order chi connectivity index (χ0) is 15.6. The van der Waals surface area contributed by atoms with Gasteiger partial charge in [-0.05, 0) is 12.1 Å². The lowest BCUT2D eigenvalue weighted by Gasteiger charge is -2.11. The van der Waals surface area contributed by atoms with E-state index in [1.165, 1.54) is 0 Å². The molecule has 0 radical (unpaired) electrons. The van der Waals surface area contributed by atoms with E-state index in [2.05, 4.69) is 9.97 Å². The van der Waals surface area contributed by atoms with Crippen LogP contribution in [-0.4, -0.2) is 9.97 Å². The lowest BCUT2D eigenvalue weighted by Crippen LogP contribution is -2.16. The molecule has 112 valence electrons. The average molecular weight is 306 g/mol. The van der Waals surface area contributed by atoms with Gasteiger partial charge in [-0.3, -0.25) is 0 Å². The molecule has 1 heterocycles. The second-order valence-corrected chi connectivity index (χ2v) is 3.71. The maximum atomic E-state index is 13.4. The molecule has 3 N–H and O–H groups in total. The number of ether oxygens (including phenoxy) is 1. The molecule has 0 saturated heterocycles. The highest BCUT2D eigenvalue weighted by molar-refractivity contribution is 5.39. The molecule has 5 nitrogen and oxygen atoms in total. The minimum absolute atomic E-state index is 0.399. The van der Waals surface area contributed by atoms with E-state index < -0.39 is 41.1 Å². The lowest BCUT2D eigenvalue weighted by atomic mass is 10.3. The van der Waals surface area contributed by atoms with Crippen LogP contribution in [0.3, 0.4) is 0 Å². The molecule has 0 aliphatic rings. The van der Waals surface area contributed by atoms with Crippen molar-refractivity contribution in [3.63, 3.8) is 0 Å². The van der Waals surface area contributed by atoms with Crippen LogP contribution in [0.15, 0.2) is 24.3 Å². The van der Waals surface area contributed by atoms with E-state index in [-0.39, 0.29) is 0 Å². The molecule has 1 aromatic carbocycles. The van der Waals surface area contributed by atoms with Crippen molar-refractivity contribution in [2.45, 2.75) is 6.18 Å². The number of rotatable bonds is 3. The number of halogens is 5. The molecule has 2 rings (SSSR count). The number of aromatic nitrogens is 2. The van der Waals surface area contributed by atoms with Crippen LogP contribution in [0.2, 0.25) is 0 Å². The second-order valence-electron chi connectivity index (χ2n) is 3.71. The molecule has 0 amide bonds. The van der Waals surface area contributed by atoms with Gasteiger partial charge in [-0.25, -0.2) is 15.2 Å². The minimum atomic E-state index is -4.86. The zero-order valence-electron chi connectivity index (χ0n) is 10.1. The Morgan fingerprint density at radius 2 is 1.86 bits per heavy atom. The first-order chi connectivity index (χ1) is 9.81. The number of nitrogen functional groups attached to an aromatic ring is 1. The second kappa shape index (κ2) is 5.48. The van der Waals surface area contributed by atoms with Gasteiger partial charge in [0.2, 0.25) is 17.5 Å². The maximum absolute atomic E-state index is 13.4. The largest absolute Gasteiger partial charge is 0.451 e. The molecule has 0 bridgehead atoms. The van der Waals surface area contributed by atoms with Crippen molar-refractivity contribution < 1.29 is 26.7 Å². The molecular formula is C11H7F5N4O. The summed E-state index contributed by atoms with van der Waals surface area (Å²) in [4.78, 5) is 6.16. The molecule has 0 aliphatic heterocycles. The maximum Gasteiger partial charge on any atom is 0.451 e. The van der Waals surface area contributed by atoms with Crippen LogP contribution in [0.1, 0.15) is 5.82 Å². The molecular weight excluding hydrogens is 299 g/mol. The number of hydrazine groups is 1. The summed E-state index contributed by atoms with van der Waals surface area (Å²) < 4.78 is 69.0. The van der Waals surface area contributed by atoms with Crippen molar-refractivity contribution in [1.29, 1.82) is 0 Å². The number of hydrogen-bond acceptors (Lipinski definition) is 5. The van der Waals surface area contributed by atoms with Crippen LogP contribution < -0.4 is 16.0 Å². The van der Waals surface area contributed by atoms with Crippen molar-refractivity contribution >= 4 is 5.82 Å². The summed E-state index contributed by atoms with van der Waals surface area (Å²) in [6.45, 7) is 0. The van der Waals surface area contributed by atoms with Gasteiger partial charge in [-0.1, -0.05) is 6.07 Å². The summed E-state index contributed by atoms with van der Waals surface area (Å²) in [7, 11) is 0. The fraction of sp³-hybridized carbons (Fsp3) is 0.0909. The van der Waals surface area contributed by atoms with Gasteiger partial charge in [0.05, 0.1) is 0 Å². The first kappa shape index (κ1) is 14.9. The van der Waals surface area contributed by atoms with Crippen molar-refractivity contribution in [3.8, 4) is 11.6 Å². The number of nitrogens with one attached hydrogen (secondary N) is 1. The first-order valence-corrected chi connectivity index (χ1v) is 5.36. The molecule has 0 fully saturated rings. The minimum Gasteiger partial charge on any atom is -0.436 e. The Balaban J connectivity index is 2.42. The topological polar surface area (TPSA) is 73.1 Å². The van der Waals surface area contributed by atoms with Gasteiger partial charge >= 0.3 is 6.18 Å². The summed E-state index contributed by atoms with van der Waals surface area (Å²) in [5.41, 5.74) is 1.89. The van der Waals surface area contributed by atoms with Crippen LogP contribution >= 0.6 is 0 Å². The third-order valence-corrected chi connectivity index (χ3v) is 2.23. The third kappa shape index (κ3) is 3.34. The number of alkyl halides is 3. The van der Waals surface area contributed by atoms with Gasteiger partial charge in [-0.2, -0.15) is 22.5 Å². The van der Waals surface area contributed by atoms with Crippen LogP contribution in [-0.2, 0) is 6.18 Å². The summed E-state index contributed by atoms with van der Waals surface area (Å²) in [6, 6.07) is 3.89. The standard InChI is InChI=1S/C11H7F5N4O/c12-5-2-1-3-6(9(5)13)21-8-4-7(20-17)18-10(19-8)11(14,15)16/h1-4H,17H2,(H,18,19,20). The molecule has 0 unspecified atom stereocenters. The van der Waals surface area contributed by atoms with E-state index in [4.69, 9.17) is 10.6 Å². The third-order valence-electron chi connectivity index (χ3n) is 2.23. The fourth-order valence-corrected chi connectivity index (χ4v) is 1.35. The predicted octanol–water partition coefficient (Wildman–Crippen LogP) is 2.85. The van der Waals surface area contributed by atoms with E-state index in [1.807, 2.05) is 5.43 Å². The number of nitrogens with two attached hydrogens (primary N) is 1. The normalized spacial score (nSPS) is 11.3. The molecule has 21 heavy (non-hydrogen) atoms. The van der Waals surface area contributed by atoms with E-state index in [0.717, 1.165) is 24.3 Å². The van der Waals surface area contributed by atoms with Gasteiger partial charge in [-0.15, -0.1) is 0 Å². The van der Waals surface area contributed by atoms with Crippen molar-refractivity contribution in [3.05, 3.63) is 41.7 Å². The number of anilines is 1. The molecule has 2 aromatic rings. The quantitative estimate of drug-likeness (QED) is 0.518. The van der Waals surface area contributed by atoms with E-state index in [1.54, 1.807) is 0 Å². The SMILES string of the molecule is NNc1cc(Oc2cccc(F)c2F)nc(C(F)(F)F)n1. The van der Waals surface area contributed by atoms with Crippen molar-refractivity contribution in [1.82, 2.24) is 9.97 Å². The predicted molar refractivity (Wildman–Crippen MR) is 61.3 cm³/mol. The fourth-order valence-electron chi connectivity index (χ4n) is 1.35. The molecule has 0 saturated carbocycles. The van der Waals surface area contributed by atoms with Crippen LogP contribution in [0.25, 0.3) is 0 Å². The van der Waals surface area contributed by atoms with E-state index in [0.29, 0.717) is 0 Å². The molecule has 1 aromatic heterocycles. The van der Waals surface area contributed by atoms with E-state index >= 15 is 0 Å². The Bertz CT molecular complexity index is 662. The Morgan fingerprint density at radius 3 is 2.48 bits per heavy atom. The van der Waals surface area contributed by atoms with Gasteiger partial charge < -0.3 is 10.2 Å². The molecule has 0 spiro atoms. The highest BCUT2D eigenvalue weighted by atomic mass is 19.4. The summed E-state index contributed by atoms with van der Waals surface area (Å²) in [6.07, 6.45) is -4.86. The Kier molecular flexibility index (Phi) is 3.89. The van der Waals surface area contributed by atoms with Crippen molar-refractivity contribution in [2.24, 2.45) is 5.84 Å². The number of benzene rings is 1. The van der Waals surface area contributed by atoms with Gasteiger partial charge in [0.1, 0.15) is 5.82 Å². The lowest BCUT2D eigenvalue weighted by molar-refractivity contribution is -0.145. The Morgan fingerprint density at radius 1 is 1.14 bits per heavy atom. The summed E-state index contributed by atoms with van der Waals surface area (Å²) in [5.74, 6) is -0.787. The van der Waals surface area contributed by atoms with Crippen molar-refractivity contribution in [2.75, 3.05) is 5.43 Å². The Labute approximate surface area is 114 Å². The molecule has 10 heteroatoms. The number of nitrogens with zero attached hydrogens (tertiary/aromatic N) is 2. The summed E-state index contributed by atoms with van der Waals surface area (Å²) >= 11 is 0. The highest BCUT2D eigenvalue weighted by Gasteiger charge is 2.35. The van der Waals surface area contributed by atoms with E-state index in [9.17, 15) is 22.0 Å². The highest BCUT2D eigenvalue weighted by Crippen LogP contribution is 2.31. The van der Waals surface area contributed by atoms with Crippen LogP contribution in [0, 0.1) is 11.6 Å². The summed E-state index contributed by atoms with van der Waals surface area (Å²) in [5, 5.41) is 0. The van der Waals surface area contributed by atoms with Gasteiger partial charge in [0, 0.05) is 6.07 Å². The van der Waals surface area contributed by atoms with Crippen LogP contribution in [0.4, 0.5) is 27.8 Å². The Hall–Kier alpha value is -2.49. The molecule has 0 atom stereocenters. The monoisotopic (exact) mass is 306 g/mol. The molecule has 0 aliphatic carbocycles. The average Bonchev–Trinajstić information content (AvgIpc) is 2.42. The number of hydrogen-bond donors (Lipinski definition) is 2.